The molecule has 0 radical (unpaired) electrons. The van der Waals surface area contributed by atoms with Gasteiger partial charge in [0.15, 0.2) is 0 Å². The minimum atomic E-state index is 0.00204. The van der Waals surface area contributed by atoms with E-state index >= 15 is 0 Å². The van der Waals surface area contributed by atoms with Crippen LogP contribution < -0.4 is 10.6 Å². The van der Waals surface area contributed by atoms with Gasteiger partial charge in [-0.15, -0.1) is 0 Å². The maximum Gasteiger partial charge on any atom is 0.238 e. The summed E-state index contributed by atoms with van der Waals surface area (Å²) in [5.41, 5.74) is 0.821. The van der Waals surface area contributed by atoms with Gasteiger partial charge < -0.3 is 10.6 Å². The van der Waals surface area contributed by atoms with Crippen molar-refractivity contribution in [3.8, 4) is 0 Å². The Bertz CT molecular complexity index is 511. The van der Waals surface area contributed by atoms with Crippen molar-refractivity contribution >= 4 is 17.5 Å². The third-order valence-corrected chi connectivity index (χ3v) is 3.71. The van der Waals surface area contributed by atoms with Gasteiger partial charge in [-0.25, -0.2) is 0 Å². The molecular weight excluding hydrogens is 292 g/mol. The summed E-state index contributed by atoms with van der Waals surface area (Å²) >= 11 is 0. The van der Waals surface area contributed by atoms with Gasteiger partial charge in [0.05, 0.1) is 13.1 Å². The van der Waals surface area contributed by atoms with E-state index in [2.05, 4.69) is 20.4 Å². The van der Waals surface area contributed by atoms with Gasteiger partial charge in [0.25, 0.3) is 0 Å². The topological polar surface area (TPSA) is 64.7 Å². The van der Waals surface area contributed by atoms with E-state index in [1.807, 2.05) is 44.2 Å². The van der Waals surface area contributed by atoms with Crippen molar-refractivity contribution in [2.45, 2.75) is 19.9 Å². The van der Waals surface area contributed by atoms with E-state index in [1.165, 1.54) is 0 Å². The fourth-order valence-electron chi connectivity index (χ4n) is 2.60. The zero-order valence-corrected chi connectivity index (χ0v) is 13.9. The highest BCUT2D eigenvalue weighted by Gasteiger charge is 2.20. The van der Waals surface area contributed by atoms with Crippen LogP contribution in [-0.4, -0.2) is 66.9 Å². The molecule has 6 nitrogen and oxygen atoms in total. The first-order valence-corrected chi connectivity index (χ1v) is 8.12. The quantitative estimate of drug-likeness (QED) is 0.813. The summed E-state index contributed by atoms with van der Waals surface area (Å²) < 4.78 is 0. The molecule has 0 aromatic heterocycles. The predicted octanol–water partition coefficient (Wildman–Crippen LogP) is 0.767. The Morgan fingerprint density at radius 2 is 1.48 bits per heavy atom. The van der Waals surface area contributed by atoms with E-state index < -0.39 is 0 Å². The third-order valence-electron chi connectivity index (χ3n) is 3.71. The molecule has 1 saturated heterocycles. The van der Waals surface area contributed by atoms with Crippen LogP contribution in [0.1, 0.15) is 13.8 Å². The summed E-state index contributed by atoms with van der Waals surface area (Å²) in [6, 6.07) is 9.65. The molecule has 1 aromatic carbocycles. The molecule has 2 N–H and O–H groups in total. The van der Waals surface area contributed by atoms with Gasteiger partial charge in [-0.1, -0.05) is 18.2 Å². The van der Waals surface area contributed by atoms with Crippen LogP contribution in [-0.2, 0) is 9.59 Å². The van der Waals surface area contributed by atoms with Crippen LogP contribution in [0, 0.1) is 0 Å². The number of carbonyl (C=O) groups is 2. The molecule has 1 fully saturated rings. The zero-order chi connectivity index (χ0) is 16.7. The molecule has 0 unspecified atom stereocenters. The first-order chi connectivity index (χ1) is 11.0. The number of hydrogen-bond donors (Lipinski definition) is 2. The van der Waals surface area contributed by atoms with Gasteiger partial charge in [0, 0.05) is 37.9 Å². The van der Waals surface area contributed by atoms with Gasteiger partial charge in [0.1, 0.15) is 0 Å². The van der Waals surface area contributed by atoms with Crippen molar-refractivity contribution in [1.29, 1.82) is 0 Å². The Kier molecular flexibility index (Phi) is 6.55. The maximum atomic E-state index is 12.0. The van der Waals surface area contributed by atoms with Crippen molar-refractivity contribution in [2.24, 2.45) is 0 Å². The number of benzene rings is 1. The molecule has 6 heteroatoms. The van der Waals surface area contributed by atoms with E-state index in [4.69, 9.17) is 0 Å². The van der Waals surface area contributed by atoms with Crippen LogP contribution in [0.25, 0.3) is 0 Å². The second-order valence-electron chi connectivity index (χ2n) is 6.19. The standard InChI is InChI=1S/C17H26N4O2/c1-14(2)18-16(22)12-20-8-10-21(11-9-20)13-17(23)19-15-6-4-3-5-7-15/h3-7,14H,8-13H2,1-2H3,(H,18,22)(H,19,23). The van der Waals surface area contributed by atoms with Crippen LogP contribution in [0.3, 0.4) is 0 Å². The average molecular weight is 318 g/mol. The SMILES string of the molecule is CC(C)NC(=O)CN1CCN(CC(=O)Nc2ccccc2)CC1. The smallest absolute Gasteiger partial charge is 0.238 e. The van der Waals surface area contributed by atoms with Gasteiger partial charge in [0.2, 0.25) is 11.8 Å². The largest absolute Gasteiger partial charge is 0.353 e. The molecule has 1 aliphatic heterocycles. The number of hydrogen-bond acceptors (Lipinski definition) is 4. The summed E-state index contributed by atoms with van der Waals surface area (Å²) in [6.07, 6.45) is 0. The van der Waals surface area contributed by atoms with Crippen LogP contribution >= 0.6 is 0 Å². The van der Waals surface area contributed by atoms with Crippen LogP contribution in [0.15, 0.2) is 30.3 Å². The molecule has 0 atom stereocenters. The number of nitrogens with one attached hydrogen (secondary N) is 2. The molecule has 0 bridgehead atoms. The fraction of sp³-hybridized carbons (Fsp3) is 0.529. The van der Waals surface area contributed by atoms with E-state index in [0.29, 0.717) is 13.1 Å². The summed E-state index contributed by atoms with van der Waals surface area (Å²) in [5.74, 6) is 0.0671. The van der Waals surface area contributed by atoms with Crippen molar-refractivity contribution in [2.75, 3.05) is 44.6 Å². The number of para-hydroxylation sites is 1. The molecule has 0 saturated carbocycles. The normalized spacial score (nSPS) is 16.3. The van der Waals surface area contributed by atoms with Gasteiger partial charge >= 0.3 is 0 Å². The number of anilines is 1. The Balaban J connectivity index is 1.68. The van der Waals surface area contributed by atoms with Crippen molar-refractivity contribution in [3.05, 3.63) is 30.3 Å². The summed E-state index contributed by atoms with van der Waals surface area (Å²) in [5, 5.41) is 5.80. The Morgan fingerprint density at radius 3 is 2.00 bits per heavy atom. The lowest BCUT2D eigenvalue weighted by molar-refractivity contribution is -0.124. The molecule has 0 spiro atoms. The van der Waals surface area contributed by atoms with Gasteiger partial charge in [-0.05, 0) is 26.0 Å². The minimum Gasteiger partial charge on any atom is -0.353 e. The molecule has 1 aromatic rings. The average Bonchev–Trinajstić information content (AvgIpc) is 2.49. The summed E-state index contributed by atoms with van der Waals surface area (Å²) in [4.78, 5) is 28.0. The van der Waals surface area contributed by atoms with E-state index in [1.54, 1.807) is 0 Å². The molecule has 126 valence electrons. The number of piperazine rings is 1. The second-order valence-corrected chi connectivity index (χ2v) is 6.19. The lowest BCUT2D eigenvalue weighted by Crippen LogP contribution is -2.51. The first-order valence-electron chi connectivity index (χ1n) is 8.12. The van der Waals surface area contributed by atoms with E-state index in [9.17, 15) is 9.59 Å². The molecular formula is C17H26N4O2. The fourth-order valence-corrected chi connectivity index (χ4v) is 2.60. The van der Waals surface area contributed by atoms with Crippen LogP contribution in [0.4, 0.5) is 5.69 Å². The molecule has 2 amide bonds. The van der Waals surface area contributed by atoms with Crippen LogP contribution in [0.5, 0.6) is 0 Å². The van der Waals surface area contributed by atoms with Crippen molar-refractivity contribution in [3.63, 3.8) is 0 Å². The first kappa shape index (κ1) is 17.4. The molecule has 0 aliphatic carbocycles. The molecule has 2 rings (SSSR count). The van der Waals surface area contributed by atoms with E-state index in [-0.39, 0.29) is 17.9 Å². The highest BCUT2D eigenvalue weighted by molar-refractivity contribution is 5.92. The highest BCUT2D eigenvalue weighted by atomic mass is 16.2. The molecule has 1 aliphatic rings. The molecule has 23 heavy (non-hydrogen) atoms. The Hall–Kier alpha value is -1.92. The summed E-state index contributed by atoms with van der Waals surface area (Å²) in [7, 11) is 0. The second kappa shape index (κ2) is 8.64. The zero-order valence-electron chi connectivity index (χ0n) is 13.9. The lowest BCUT2D eigenvalue weighted by atomic mass is 10.3. The van der Waals surface area contributed by atoms with Crippen LogP contribution in [0.2, 0.25) is 0 Å². The minimum absolute atomic E-state index is 0.00204. The van der Waals surface area contributed by atoms with E-state index in [0.717, 1.165) is 31.9 Å². The number of rotatable bonds is 6. The van der Waals surface area contributed by atoms with Crippen molar-refractivity contribution in [1.82, 2.24) is 15.1 Å². The van der Waals surface area contributed by atoms with Crippen molar-refractivity contribution < 1.29 is 9.59 Å². The Morgan fingerprint density at radius 1 is 0.957 bits per heavy atom. The van der Waals surface area contributed by atoms with Gasteiger partial charge in [-0.3, -0.25) is 19.4 Å². The number of nitrogens with zero attached hydrogens (tertiary/aromatic N) is 2. The number of amides is 2. The lowest BCUT2D eigenvalue weighted by Gasteiger charge is -2.33. The third kappa shape index (κ3) is 6.38. The summed E-state index contributed by atoms with van der Waals surface area (Å²) in [6.45, 7) is 7.97. The highest BCUT2D eigenvalue weighted by Crippen LogP contribution is 2.06. The molecule has 1 heterocycles. The monoisotopic (exact) mass is 318 g/mol. The predicted molar refractivity (Wildman–Crippen MR) is 91.2 cm³/mol. The van der Waals surface area contributed by atoms with Gasteiger partial charge in [-0.2, -0.15) is 0 Å². The Labute approximate surface area is 137 Å². The maximum absolute atomic E-state index is 12.0. The number of carbonyl (C=O) groups excluding carboxylic acids is 2.